The van der Waals surface area contributed by atoms with Gasteiger partial charge in [-0.05, 0) is 46.9 Å². The summed E-state index contributed by atoms with van der Waals surface area (Å²) in [6, 6.07) is 23.3. The first-order chi connectivity index (χ1) is 15.2. The number of carbonyl (C=O) groups is 1. The lowest BCUT2D eigenvalue weighted by molar-refractivity contribution is 0.0956. The van der Waals surface area contributed by atoms with Gasteiger partial charge in [0.15, 0.2) is 0 Å². The van der Waals surface area contributed by atoms with Crippen molar-refractivity contribution in [3.63, 3.8) is 0 Å². The second-order valence-electron chi connectivity index (χ2n) is 7.83. The van der Waals surface area contributed by atoms with E-state index in [1.807, 2.05) is 30.3 Å². The molecule has 3 aromatic rings. The van der Waals surface area contributed by atoms with Crippen molar-refractivity contribution in [3.05, 3.63) is 106 Å². The van der Waals surface area contributed by atoms with E-state index in [1.165, 1.54) is 22.8 Å². The molecule has 4 rings (SSSR count). The SMILES string of the molecule is O=C(NCCSCc1ccccc1F)c1ccc(CN2CCc3ccccc3C2)cc1. The molecule has 160 valence electrons. The molecule has 1 aliphatic rings. The normalized spacial score (nSPS) is 13.6. The molecule has 1 amide bonds. The lowest BCUT2D eigenvalue weighted by Gasteiger charge is -2.28. The van der Waals surface area contributed by atoms with Gasteiger partial charge < -0.3 is 5.32 Å². The molecule has 0 spiro atoms. The molecule has 0 atom stereocenters. The Morgan fingerprint density at radius 1 is 0.968 bits per heavy atom. The molecule has 0 unspecified atom stereocenters. The van der Waals surface area contributed by atoms with Crippen molar-refractivity contribution in [1.29, 1.82) is 0 Å². The first kappa shape index (κ1) is 21.6. The maximum absolute atomic E-state index is 13.6. The number of hydrogen-bond acceptors (Lipinski definition) is 3. The minimum Gasteiger partial charge on any atom is -0.351 e. The monoisotopic (exact) mass is 434 g/mol. The van der Waals surface area contributed by atoms with E-state index < -0.39 is 0 Å². The number of rotatable bonds is 8. The summed E-state index contributed by atoms with van der Waals surface area (Å²) in [5, 5.41) is 2.95. The Morgan fingerprint density at radius 3 is 2.52 bits per heavy atom. The topological polar surface area (TPSA) is 32.3 Å². The molecule has 1 heterocycles. The van der Waals surface area contributed by atoms with Gasteiger partial charge >= 0.3 is 0 Å². The highest BCUT2D eigenvalue weighted by molar-refractivity contribution is 7.98. The van der Waals surface area contributed by atoms with Crippen LogP contribution in [0.1, 0.15) is 32.6 Å². The fourth-order valence-corrected chi connectivity index (χ4v) is 4.69. The number of thioether (sulfide) groups is 1. The van der Waals surface area contributed by atoms with Crippen LogP contribution in [0.4, 0.5) is 4.39 Å². The van der Waals surface area contributed by atoms with Crippen LogP contribution >= 0.6 is 11.8 Å². The van der Waals surface area contributed by atoms with Gasteiger partial charge in [-0.25, -0.2) is 4.39 Å². The van der Waals surface area contributed by atoms with E-state index in [1.54, 1.807) is 23.9 Å². The van der Waals surface area contributed by atoms with Crippen molar-refractivity contribution in [1.82, 2.24) is 10.2 Å². The number of amides is 1. The zero-order chi connectivity index (χ0) is 21.5. The third kappa shape index (κ3) is 5.96. The number of hydrogen-bond donors (Lipinski definition) is 1. The van der Waals surface area contributed by atoms with Gasteiger partial charge in [0.25, 0.3) is 5.91 Å². The number of carbonyl (C=O) groups excluding carboxylic acids is 1. The van der Waals surface area contributed by atoms with Crippen LogP contribution in [0, 0.1) is 5.82 Å². The van der Waals surface area contributed by atoms with Gasteiger partial charge in [-0.3, -0.25) is 9.69 Å². The molecule has 1 aliphatic heterocycles. The summed E-state index contributed by atoms with van der Waals surface area (Å²) in [7, 11) is 0. The van der Waals surface area contributed by atoms with Crippen LogP contribution in [-0.2, 0) is 25.3 Å². The molecule has 0 saturated heterocycles. The lowest BCUT2D eigenvalue weighted by atomic mass is 9.99. The number of benzene rings is 3. The molecule has 0 aliphatic carbocycles. The molecule has 5 heteroatoms. The first-order valence-electron chi connectivity index (χ1n) is 10.7. The maximum atomic E-state index is 13.6. The third-order valence-corrected chi connectivity index (χ3v) is 6.59. The van der Waals surface area contributed by atoms with Crippen molar-refractivity contribution < 1.29 is 9.18 Å². The van der Waals surface area contributed by atoms with Crippen molar-refractivity contribution in [2.45, 2.75) is 25.3 Å². The molecule has 1 N–H and O–H groups in total. The molecule has 0 radical (unpaired) electrons. The summed E-state index contributed by atoms with van der Waals surface area (Å²) >= 11 is 1.61. The van der Waals surface area contributed by atoms with Crippen LogP contribution < -0.4 is 5.32 Å². The molecule has 0 saturated carbocycles. The fraction of sp³-hybridized carbons (Fsp3) is 0.269. The minimum atomic E-state index is -0.173. The molecule has 3 aromatic carbocycles. The van der Waals surface area contributed by atoms with E-state index in [4.69, 9.17) is 0 Å². The summed E-state index contributed by atoms with van der Waals surface area (Å²) in [5.74, 6) is 1.12. The van der Waals surface area contributed by atoms with Crippen LogP contribution in [-0.4, -0.2) is 29.6 Å². The number of nitrogens with zero attached hydrogens (tertiary/aromatic N) is 1. The average molecular weight is 435 g/mol. The van der Waals surface area contributed by atoms with Gasteiger partial charge in [-0.1, -0.05) is 54.6 Å². The van der Waals surface area contributed by atoms with Gasteiger partial charge in [0, 0.05) is 43.2 Å². The van der Waals surface area contributed by atoms with E-state index in [9.17, 15) is 9.18 Å². The van der Waals surface area contributed by atoms with Crippen LogP contribution in [0.5, 0.6) is 0 Å². The van der Waals surface area contributed by atoms with E-state index in [0.717, 1.165) is 31.8 Å². The average Bonchev–Trinajstić information content (AvgIpc) is 2.80. The van der Waals surface area contributed by atoms with Crippen molar-refractivity contribution in [2.24, 2.45) is 0 Å². The van der Waals surface area contributed by atoms with Gasteiger partial charge in [-0.15, -0.1) is 0 Å². The Labute approximate surface area is 187 Å². The predicted octanol–water partition coefficient (Wildman–Crippen LogP) is 5.05. The van der Waals surface area contributed by atoms with E-state index in [2.05, 4.69) is 34.5 Å². The Hall–Kier alpha value is -2.63. The lowest BCUT2D eigenvalue weighted by Crippen LogP contribution is -2.30. The van der Waals surface area contributed by atoms with Crippen molar-refractivity contribution in [2.75, 3.05) is 18.8 Å². The second kappa shape index (κ2) is 10.6. The molecular weight excluding hydrogens is 407 g/mol. The quantitative estimate of drug-likeness (QED) is 0.504. The van der Waals surface area contributed by atoms with Crippen LogP contribution in [0.15, 0.2) is 72.8 Å². The predicted molar refractivity (Wildman–Crippen MR) is 126 cm³/mol. The largest absolute Gasteiger partial charge is 0.351 e. The second-order valence-corrected chi connectivity index (χ2v) is 8.93. The highest BCUT2D eigenvalue weighted by atomic mass is 32.2. The smallest absolute Gasteiger partial charge is 0.251 e. The summed E-state index contributed by atoms with van der Waals surface area (Å²) in [4.78, 5) is 14.8. The van der Waals surface area contributed by atoms with Gasteiger partial charge in [-0.2, -0.15) is 11.8 Å². The molecule has 0 aromatic heterocycles. The maximum Gasteiger partial charge on any atom is 0.251 e. The zero-order valence-electron chi connectivity index (χ0n) is 17.5. The summed E-state index contributed by atoms with van der Waals surface area (Å²) in [6.45, 7) is 3.49. The van der Waals surface area contributed by atoms with Crippen molar-refractivity contribution in [3.8, 4) is 0 Å². The molecular formula is C26H27FN2OS. The minimum absolute atomic E-state index is 0.0649. The van der Waals surface area contributed by atoms with Gasteiger partial charge in [0.2, 0.25) is 0 Å². The zero-order valence-corrected chi connectivity index (χ0v) is 18.3. The van der Waals surface area contributed by atoms with E-state index in [-0.39, 0.29) is 11.7 Å². The molecule has 0 fully saturated rings. The van der Waals surface area contributed by atoms with E-state index >= 15 is 0 Å². The van der Waals surface area contributed by atoms with Crippen molar-refractivity contribution >= 4 is 17.7 Å². The highest BCUT2D eigenvalue weighted by Gasteiger charge is 2.16. The van der Waals surface area contributed by atoms with Crippen LogP contribution in [0.25, 0.3) is 0 Å². The standard InChI is InChI=1S/C26H27FN2OS/c27-25-8-4-3-7-24(25)19-31-16-14-28-26(30)22-11-9-20(10-12-22)17-29-15-13-21-5-1-2-6-23(21)18-29/h1-12H,13-19H2,(H,28,30). The Balaban J connectivity index is 1.20. The van der Waals surface area contributed by atoms with Gasteiger partial charge in [0.1, 0.15) is 5.82 Å². The Bertz CT molecular complexity index is 1020. The summed E-state index contributed by atoms with van der Waals surface area (Å²) in [5.41, 5.74) is 5.46. The summed E-state index contributed by atoms with van der Waals surface area (Å²) < 4.78 is 13.6. The molecule has 0 bridgehead atoms. The Morgan fingerprint density at radius 2 is 1.71 bits per heavy atom. The first-order valence-corrected chi connectivity index (χ1v) is 11.8. The van der Waals surface area contributed by atoms with Crippen LogP contribution in [0.3, 0.4) is 0 Å². The highest BCUT2D eigenvalue weighted by Crippen LogP contribution is 2.20. The molecule has 3 nitrogen and oxygen atoms in total. The Kier molecular flexibility index (Phi) is 7.39. The van der Waals surface area contributed by atoms with Gasteiger partial charge in [0.05, 0.1) is 0 Å². The van der Waals surface area contributed by atoms with E-state index in [0.29, 0.717) is 23.4 Å². The summed E-state index contributed by atoms with van der Waals surface area (Å²) in [6.07, 6.45) is 1.09. The number of halogens is 1. The molecule has 31 heavy (non-hydrogen) atoms. The third-order valence-electron chi connectivity index (χ3n) is 5.58. The van der Waals surface area contributed by atoms with Crippen LogP contribution in [0.2, 0.25) is 0 Å². The number of fused-ring (bicyclic) bond motifs is 1. The number of nitrogens with one attached hydrogen (secondary N) is 1. The fourth-order valence-electron chi connectivity index (χ4n) is 3.85.